The van der Waals surface area contributed by atoms with Crippen LogP contribution in [0.4, 0.5) is 0 Å². The summed E-state index contributed by atoms with van der Waals surface area (Å²) in [5.41, 5.74) is 1.87. The molecule has 17 heavy (non-hydrogen) atoms. The number of benzene rings is 1. The molecule has 0 atom stereocenters. The molecule has 0 unspecified atom stereocenters. The molecule has 0 heterocycles. The van der Waals surface area contributed by atoms with Crippen LogP contribution >= 0.6 is 0 Å². The van der Waals surface area contributed by atoms with Gasteiger partial charge in [-0.25, -0.2) is 0 Å². The number of rotatable bonds is 7. The van der Waals surface area contributed by atoms with Gasteiger partial charge in [-0.2, -0.15) is 0 Å². The number of aliphatic hydroxyl groups excluding tert-OH is 1. The summed E-state index contributed by atoms with van der Waals surface area (Å²) >= 11 is 0. The minimum atomic E-state index is 0.0446. The van der Waals surface area contributed by atoms with Gasteiger partial charge in [0, 0.05) is 12.2 Å². The van der Waals surface area contributed by atoms with E-state index in [1.54, 1.807) is 7.11 Å². The fourth-order valence-corrected chi connectivity index (χ4v) is 1.54. The molecule has 0 aliphatic carbocycles. The number of aliphatic hydroxyl groups is 1. The van der Waals surface area contributed by atoms with Gasteiger partial charge in [0.1, 0.15) is 5.75 Å². The van der Waals surface area contributed by atoms with Gasteiger partial charge in [0.05, 0.1) is 20.3 Å². The third-order valence-electron chi connectivity index (χ3n) is 2.62. The van der Waals surface area contributed by atoms with Gasteiger partial charge in [-0.3, -0.25) is 0 Å². The van der Waals surface area contributed by atoms with Gasteiger partial charge in [-0.1, -0.05) is 19.9 Å². The second kappa shape index (κ2) is 7.30. The van der Waals surface area contributed by atoms with Gasteiger partial charge in [0.15, 0.2) is 0 Å². The lowest BCUT2D eigenvalue weighted by Gasteiger charge is -2.11. The van der Waals surface area contributed by atoms with Gasteiger partial charge < -0.3 is 14.6 Å². The first kappa shape index (κ1) is 14.0. The summed E-state index contributed by atoms with van der Waals surface area (Å²) < 4.78 is 10.9. The first-order valence-electron chi connectivity index (χ1n) is 6.01. The lowest BCUT2D eigenvalue weighted by molar-refractivity contribution is 0.109. The lowest BCUT2D eigenvalue weighted by Crippen LogP contribution is -2.01. The highest BCUT2D eigenvalue weighted by atomic mass is 16.5. The van der Waals surface area contributed by atoms with Crippen molar-refractivity contribution in [2.24, 2.45) is 5.92 Å². The SMILES string of the molecule is COc1ccc(CO)cc1COCCC(C)C. The Labute approximate surface area is 103 Å². The Morgan fingerprint density at radius 3 is 2.65 bits per heavy atom. The molecule has 96 valence electrons. The Bertz CT molecular complexity index is 334. The monoisotopic (exact) mass is 238 g/mol. The number of hydrogen-bond acceptors (Lipinski definition) is 3. The van der Waals surface area contributed by atoms with Crippen molar-refractivity contribution in [3.8, 4) is 5.75 Å². The maximum absolute atomic E-state index is 9.09. The van der Waals surface area contributed by atoms with Crippen molar-refractivity contribution in [3.05, 3.63) is 29.3 Å². The van der Waals surface area contributed by atoms with Gasteiger partial charge in [0.2, 0.25) is 0 Å². The van der Waals surface area contributed by atoms with Gasteiger partial charge in [-0.15, -0.1) is 0 Å². The molecule has 0 saturated carbocycles. The molecular weight excluding hydrogens is 216 g/mol. The van der Waals surface area contributed by atoms with E-state index < -0.39 is 0 Å². The van der Waals surface area contributed by atoms with E-state index >= 15 is 0 Å². The summed E-state index contributed by atoms with van der Waals surface area (Å²) in [5, 5.41) is 9.09. The smallest absolute Gasteiger partial charge is 0.124 e. The molecule has 0 aliphatic heterocycles. The Morgan fingerprint density at radius 1 is 1.29 bits per heavy atom. The number of methoxy groups -OCH3 is 1. The van der Waals surface area contributed by atoms with Crippen molar-refractivity contribution in [1.82, 2.24) is 0 Å². The molecule has 0 aliphatic rings. The van der Waals surface area contributed by atoms with Crippen molar-refractivity contribution in [1.29, 1.82) is 0 Å². The van der Waals surface area contributed by atoms with Crippen molar-refractivity contribution >= 4 is 0 Å². The summed E-state index contributed by atoms with van der Waals surface area (Å²) in [6.45, 7) is 5.68. The normalized spacial score (nSPS) is 10.9. The first-order valence-corrected chi connectivity index (χ1v) is 6.01. The average Bonchev–Trinajstić information content (AvgIpc) is 2.34. The molecule has 0 radical (unpaired) electrons. The molecule has 1 aromatic rings. The molecule has 0 spiro atoms. The molecule has 0 aromatic heterocycles. The molecule has 1 N–H and O–H groups in total. The van der Waals surface area contributed by atoms with E-state index in [-0.39, 0.29) is 6.61 Å². The Morgan fingerprint density at radius 2 is 2.06 bits per heavy atom. The molecule has 0 amide bonds. The third kappa shape index (κ3) is 4.75. The highest BCUT2D eigenvalue weighted by Gasteiger charge is 2.04. The van der Waals surface area contributed by atoms with E-state index in [0.717, 1.165) is 29.9 Å². The van der Waals surface area contributed by atoms with Crippen LogP contribution in [0.25, 0.3) is 0 Å². The fraction of sp³-hybridized carbons (Fsp3) is 0.571. The van der Waals surface area contributed by atoms with Crippen LogP contribution in [0.5, 0.6) is 5.75 Å². The van der Waals surface area contributed by atoms with Crippen molar-refractivity contribution in [2.45, 2.75) is 33.5 Å². The fourth-order valence-electron chi connectivity index (χ4n) is 1.54. The number of ether oxygens (including phenoxy) is 2. The van der Waals surface area contributed by atoms with E-state index in [1.165, 1.54) is 0 Å². The third-order valence-corrected chi connectivity index (χ3v) is 2.62. The summed E-state index contributed by atoms with van der Waals surface area (Å²) in [6, 6.07) is 5.65. The van der Waals surface area contributed by atoms with E-state index in [4.69, 9.17) is 14.6 Å². The molecule has 1 rings (SSSR count). The van der Waals surface area contributed by atoms with Crippen molar-refractivity contribution in [3.63, 3.8) is 0 Å². The van der Waals surface area contributed by atoms with E-state index in [0.29, 0.717) is 12.5 Å². The number of hydrogen-bond donors (Lipinski definition) is 1. The molecule has 1 aromatic carbocycles. The Hall–Kier alpha value is -1.06. The van der Waals surface area contributed by atoms with Crippen LogP contribution in [0.3, 0.4) is 0 Å². The predicted octanol–water partition coefficient (Wildman–Crippen LogP) is 2.75. The highest BCUT2D eigenvalue weighted by Crippen LogP contribution is 2.21. The van der Waals surface area contributed by atoms with Crippen LogP contribution in [0.15, 0.2) is 18.2 Å². The van der Waals surface area contributed by atoms with Crippen LogP contribution in [-0.2, 0) is 18.0 Å². The van der Waals surface area contributed by atoms with E-state index in [1.807, 2.05) is 18.2 Å². The lowest BCUT2D eigenvalue weighted by atomic mass is 10.1. The zero-order chi connectivity index (χ0) is 12.7. The van der Waals surface area contributed by atoms with Crippen LogP contribution in [0.2, 0.25) is 0 Å². The molecule has 0 bridgehead atoms. The molecular formula is C14H22O3. The molecule has 0 fully saturated rings. The quantitative estimate of drug-likeness (QED) is 0.742. The summed E-state index contributed by atoms with van der Waals surface area (Å²) in [4.78, 5) is 0. The minimum Gasteiger partial charge on any atom is -0.496 e. The second-order valence-corrected chi connectivity index (χ2v) is 4.54. The van der Waals surface area contributed by atoms with Crippen molar-refractivity contribution in [2.75, 3.05) is 13.7 Å². The van der Waals surface area contributed by atoms with Crippen LogP contribution in [0.1, 0.15) is 31.4 Å². The highest BCUT2D eigenvalue weighted by molar-refractivity contribution is 5.36. The van der Waals surface area contributed by atoms with Gasteiger partial charge in [0.25, 0.3) is 0 Å². The van der Waals surface area contributed by atoms with Gasteiger partial charge in [-0.05, 0) is 30.0 Å². The Balaban J connectivity index is 2.55. The average molecular weight is 238 g/mol. The molecule has 3 heteroatoms. The standard InChI is InChI=1S/C14H22O3/c1-11(2)6-7-17-10-13-8-12(9-15)4-5-14(13)16-3/h4-5,8,11,15H,6-7,9-10H2,1-3H3. The zero-order valence-electron chi connectivity index (χ0n) is 10.9. The predicted molar refractivity (Wildman–Crippen MR) is 68.0 cm³/mol. The molecule has 0 saturated heterocycles. The minimum absolute atomic E-state index is 0.0446. The largest absolute Gasteiger partial charge is 0.496 e. The first-order chi connectivity index (χ1) is 8.17. The van der Waals surface area contributed by atoms with Crippen LogP contribution in [-0.4, -0.2) is 18.8 Å². The molecule has 3 nitrogen and oxygen atoms in total. The van der Waals surface area contributed by atoms with Crippen LogP contribution in [0, 0.1) is 5.92 Å². The van der Waals surface area contributed by atoms with Gasteiger partial charge >= 0.3 is 0 Å². The summed E-state index contributed by atoms with van der Waals surface area (Å²) in [6.07, 6.45) is 1.06. The van der Waals surface area contributed by atoms with Crippen molar-refractivity contribution < 1.29 is 14.6 Å². The second-order valence-electron chi connectivity index (χ2n) is 4.54. The topological polar surface area (TPSA) is 38.7 Å². The Kier molecular flexibility index (Phi) is 6.01. The van der Waals surface area contributed by atoms with E-state index in [2.05, 4.69) is 13.8 Å². The van der Waals surface area contributed by atoms with E-state index in [9.17, 15) is 0 Å². The summed E-state index contributed by atoms with van der Waals surface area (Å²) in [5.74, 6) is 1.47. The summed E-state index contributed by atoms with van der Waals surface area (Å²) in [7, 11) is 1.64. The maximum Gasteiger partial charge on any atom is 0.124 e. The zero-order valence-corrected chi connectivity index (χ0v) is 10.9. The maximum atomic E-state index is 9.09. The van der Waals surface area contributed by atoms with Crippen LogP contribution < -0.4 is 4.74 Å².